The van der Waals surface area contributed by atoms with E-state index in [-0.39, 0.29) is 0 Å². The summed E-state index contributed by atoms with van der Waals surface area (Å²) in [6.07, 6.45) is 1.81. The lowest BCUT2D eigenvalue weighted by atomic mass is 10.2. The smallest absolute Gasteiger partial charge is 0.151 e. The van der Waals surface area contributed by atoms with Gasteiger partial charge in [-0.2, -0.15) is 0 Å². The SMILES string of the molecule is Oc1c(I)cc(C=Nc2ccc3nc(SCc4c(Cl)cccc4Cl)sc3c2)cc1I. The second-order valence-corrected chi connectivity index (χ2v) is 11.6. The van der Waals surface area contributed by atoms with Gasteiger partial charge in [-0.05, 0) is 98.8 Å². The molecule has 0 aliphatic rings. The molecular weight excluding hydrogens is 685 g/mol. The van der Waals surface area contributed by atoms with Gasteiger partial charge in [-0.1, -0.05) is 41.0 Å². The topological polar surface area (TPSA) is 45.5 Å². The summed E-state index contributed by atoms with van der Waals surface area (Å²) in [5.41, 5.74) is 3.67. The third-order valence-electron chi connectivity index (χ3n) is 4.16. The average molecular weight is 697 g/mol. The predicted molar refractivity (Wildman–Crippen MR) is 146 cm³/mol. The van der Waals surface area contributed by atoms with Crippen LogP contribution in [-0.4, -0.2) is 16.3 Å². The number of thioether (sulfide) groups is 1. The van der Waals surface area contributed by atoms with Crippen LogP contribution >= 0.6 is 91.5 Å². The van der Waals surface area contributed by atoms with Gasteiger partial charge in [0.15, 0.2) is 4.34 Å². The maximum atomic E-state index is 9.90. The monoisotopic (exact) mass is 696 g/mol. The van der Waals surface area contributed by atoms with Crippen LogP contribution in [0.25, 0.3) is 10.2 Å². The third kappa shape index (κ3) is 5.24. The van der Waals surface area contributed by atoms with Crippen molar-refractivity contribution in [3.63, 3.8) is 0 Å². The first kappa shape index (κ1) is 22.6. The van der Waals surface area contributed by atoms with E-state index in [1.54, 1.807) is 29.3 Å². The third-order valence-corrected chi connectivity index (χ3v) is 8.70. The molecule has 30 heavy (non-hydrogen) atoms. The molecule has 3 nitrogen and oxygen atoms in total. The number of aliphatic imine (C=N–C) groups is 1. The van der Waals surface area contributed by atoms with Crippen LogP contribution in [0.15, 0.2) is 57.9 Å². The van der Waals surface area contributed by atoms with E-state index in [2.05, 4.69) is 50.2 Å². The van der Waals surface area contributed by atoms with Gasteiger partial charge in [-0.3, -0.25) is 4.99 Å². The molecule has 0 fully saturated rings. The molecule has 0 bridgehead atoms. The van der Waals surface area contributed by atoms with Gasteiger partial charge in [0.25, 0.3) is 0 Å². The van der Waals surface area contributed by atoms with Crippen molar-refractivity contribution in [1.29, 1.82) is 0 Å². The molecule has 0 saturated carbocycles. The highest BCUT2D eigenvalue weighted by atomic mass is 127. The number of thiazole rings is 1. The summed E-state index contributed by atoms with van der Waals surface area (Å²) >= 11 is 20.0. The Morgan fingerprint density at radius 1 is 1.07 bits per heavy atom. The van der Waals surface area contributed by atoms with E-state index in [9.17, 15) is 5.11 Å². The molecule has 0 saturated heterocycles. The van der Waals surface area contributed by atoms with E-state index < -0.39 is 0 Å². The minimum absolute atomic E-state index is 0.308. The van der Waals surface area contributed by atoms with Crippen LogP contribution in [0.4, 0.5) is 5.69 Å². The molecule has 1 heterocycles. The summed E-state index contributed by atoms with van der Waals surface area (Å²) in [5.74, 6) is 0.976. The second-order valence-electron chi connectivity index (χ2n) is 6.21. The number of benzene rings is 3. The van der Waals surface area contributed by atoms with Crippen LogP contribution < -0.4 is 0 Å². The van der Waals surface area contributed by atoms with E-state index in [0.717, 1.165) is 38.5 Å². The highest BCUT2D eigenvalue weighted by Gasteiger charge is 2.10. The molecule has 1 aromatic heterocycles. The van der Waals surface area contributed by atoms with Crippen molar-refractivity contribution in [1.82, 2.24) is 4.98 Å². The molecule has 1 N–H and O–H groups in total. The van der Waals surface area contributed by atoms with Crippen molar-refractivity contribution in [3.8, 4) is 5.75 Å². The standard InChI is InChI=1S/C21H12Cl2I2N2OS2/c22-14-2-1-3-15(23)13(14)10-29-21-27-18-5-4-12(8-19(18)30-21)26-9-11-6-16(24)20(28)17(25)7-11/h1-9,28H,10H2. The van der Waals surface area contributed by atoms with Crippen LogP contribution in [0.3, 0.4) is 0 Å². The molecule has 0 aliphatic carbocycles. The number of hydrogen-bond acceptors (Lipinski definition) is 5. The number of halogens is 4. The van der Waals surface area contributed by atoms with Crippen molar-refractivity contribution in [2.75, 3.05) is 0 Å². The zero-order valence-corrected chi connectivity index (χ0v) is 22.5. The average Bonchev–Trinajstić information content (AvgIpc) is 3.12. The number of nitrogens with zero attached hydrogens (tertiary/aromatic N) is 2. The van der Waals surface area contributed by atoms with E-state index >= 15 is 0 Å². The fourth-order valence-electron chi connectivity index (χ4n) is 2.65. The molecule has 4 aromatic rings. The van der Waals surface area contributed by atoms with Crippen LogP contribution in [0.1, 0.15) is 11.1 Å². The summed E-state index contributed by atoms with van der Waals surface area (Å²) in [5, 5.41) is 11.2. The highest BCUT2D eigenvalue weighted by molar-refractivity contribution is 14.1. The van der Waals surface area contributed by atoms with Crippen molar-refractivity contribution >= 4 is 114 Å². The lowest BCUT2D eigenvalue weighted by Gasteiger charge is -2.04. The number of fused-ring (bicyclic) bond motifs is 1. The minimum atomic E-state index is 0.308. The number of hydrogen-bond donors (Lipinski definition) is 1. The van der Waals surface area contributed by atoms with E-state index in [0.29, 0.717) is 21.5 Å². The number of phenolic OH excluding ortho intramolecular Hbond substituents is 1. The van der Waals surface area contributed by atoms with Gasteiger partial charge in [-0.15, -0.1) is 11.3 Å². The highest BCUT2D eigenvalue weighted by Crippen LogP contribution is 2.36. The van der Waals surface area contributed by atoms with Gasteiger partial charge in [0.2, 0.25) is 0 Å². The molecular formula is C21H12Cl2I2N2OS2. The van der Waals surface area contributed by atoms with Crippen LogP contribution in [0.2, 0.25) is 10.0 Å². The van der Waals surface area contributed by atoms with Crippen molar-refractivity contribution in [2.24, 2.45) is 4.99 Å². The summed E-state index contributed by atoms with van der Waals surface area (Å²) in [6, 6.07) is 15.3. The van der Waals surface area contributed by atoms with E-state index in [4.69, 9.17) is 28.2 Å². The van der Waals surface area contributed by atoms with Gasteiger partial charge < -0.3 is 5.11 Å². The van der Waals surface area contributed by atoms with E-state index in [1.165, 1.54) is 0 Å². The normalized spacial score (nSPS) is 11.6. The predicted octanol–water partition coefficient (Wildman–Crippen LogP) is 8.56. The van der Waals surface area contributed by atoms with Gasteiger partial charge in [0.05, 0.1) is 23.0 Å². The lowest BCUT2D eigenvalue weighted by molar-refractivity contribution is 0.467. The van der Waals surface area contributed by atoms with Crippen LogP contribution in [0.5, 0.6) is 5.75 Å². The fraction of sp³-hybridized carbons (Fsp3) is 0.0476. The number of aromatic nitrogens is 1. The first-order valence-corrected chi connectivity index (χ1v) is 13.3. The Hall–Kier alpha value is -0.590. The Bertz CT molecular complexity index is 1230. The van der Waals surface area contributed by atoms with Crippen LogP contribution in [-0.2, 0) is 5.75 Å². The molecule has 0 atom stereocenters. The van der Waals surface area contributed by atoms with Gasteiger partial charge >= 0.3 is 0 Å². The summed E-state index contributed by atoms with van der Waals surface area (Å²) in [7, 11) is 0. The molecule has 3 aromatic carbocycles. The van der Waals surface area contributed by atoms with Crippen LogP contribution in [0, 0.1) is 7.14 Å². The molecule has 0 aliphatic heterocycles. The van der Waals surface area contributed by atoms with Crippen molar-refractivity contribution in [3.05, 3.63) is 76.8 Å². The Balaban J connectivity index is 1.52. The molecule has 0 amide bonds. The van der Waals surface area contributed by atoms with Gasteiger partial charge in [0.1, 0.15) is 5.75 Å². The minimum Gasteiger partial charge on any atom is -0.506 e. The fourth-order valence-corrected chi connectivity index (χ4v) is 7.31. The Morgan fingerprint density at radius 2 is 1.77 bits per heavy atom. The molecule has 0 radical (unpaired) electrons. The second kappa shape index (κ2) is 9.91. The largest absolute Gasteiger partial charge is 0.506 e. The summed E-state index contributed by atoms with van der Waals surface area (Å²) < 4.78 is 3.65. The Labute approximate surface area is 219 Å². The summed E-state index contributed by atoms with van der Waals surface area (Å²) in [6.45, 7) is 0. The first-order chi connectivity index (χ1) is 14.4. The first-order valence-electron chi connectivity index (χ1n) is 8.59. The molecule has 9 heteroatoms. The maximum Gasteiger partial charge on any atom is 0.151 e. The van der Waals surface area contributed by atoms with E-state index in [1.807, 2.05) is 48.5 Å². The quantitative estimate of drug-likeness (QED) is 0.129. The number of aromatic hydroxyl groups is 1. The van der Waals surface area contributed by atoms with Crippen molar-refractivity contribution in [2.45, 2.75) is 10.1 Å². The molecule has 4 rings (SSSR count). The molecule has 0 unspecified atom stereocenters. The Morgan fingerprint density at radius 3 is 2.47 bits per heavy atom. The Kier molecular flexibility index (Phi) is 7.46. The maximum absolute atomic E-state index is 9.90. The zero-order chi connectivity index (χ0) is 21.3. The lowest BCUT2D eigenvalue weighted by Crippen LogP contribution is -1.86. The van der Waals surface area contributed by atoms with Crippen molar-refractivity contribution < 1.29 is 5.11 Å². The van der Waals surface area contributed by atoms with Gasteiger partial charge in [-0.25, -0.2) is 4.98 Å². The zero-order valence-electron chi connectivity index (χ0n) is 15.1. The number of phenols is 1. The molecule has 0 spiro atoms. The van der Waals surface area contributed by atoms with Gasteiger partial charge in [0, 0.05) is 22.0 Å². The number of rotatable bonds is 5. The summed E-state index contributed by atoms with van der Waals surface area (Å²) in [4.78, 5) is 9.28. The molecule has 152 valence electrons.